The Morgan fingerprint density at radius 2 is 0.843 bits per heavy atom. The summed E-state index contributed by atoms with van der Waals surface area (Å²) in [6.07, 6.45) is 0. The number of fused-ring (bicyclic) bond motifs is 2. The summed E-state index contributed by atoms with van der Waals surface area (Å²) in [5, 5.41) is 67.4. The van der Waals surface area contributed by atoms with Crippen molar-refractivity contribution >= 4 is 155 Å². The molecule has 0 bridgehead atoms. The van der Waals surface area contributed by atoms with Crippen LogP contribution in [-0.2, 0) is 70.8 Å². The molecule has 37 nitrogen and oxygen atoms in total. The quantitative estimate of drug-likeness (QED) is 0.0144. The number of benzene rings is 7. The topological polar surface area (TPSA) is 626 Å². The number of nitrogens with two attached hydrogens (primary N) is 1. The van der Waals surface area contributed by atoms with Gasteiger partial charge in [0.15, 0.2) is 11.5 Å². The van der Waals surface area contributed by atoms with Gasteiger partial charge >= 0.3 is 5.97 Å². The van der Waals surface area contributed by atoms with Crippen LogP contribution in [0.2, 0.25) is 0 Å². The third-order valence-electron chi connectivity index (χ3n) is 10.8. The summed E-state index contributed by atoms with van der Waals surface area (Å²) in [6.45, 7) is 0. The van der Waals surface area contributed by atoms with Gasteiger partial charge in [-0.15, -0.1) is 35.8 Å². The molecule has 0 fully saturated rings. The molecule has 0 heterocycles. The molecule has 0 atom stereocenters. The van der Waals surface area contributed by atoms with Crippen molar-refractivity contribution in [2.45, 2.75) is 34.3 Å². The van der Waals surface area contributed by atoms with E-state index in [-0.39, 0.29) is 18.2 Å². The number of hydrogen-bond acceptors (Lipinski definition) is 28. The number of aromatic carboxylic acids is 1. The van der Waals surface area contributed by atoms with E-state index in [1.165, 1.54) is 0 Å². The number of rotatable bonds is 17. The van der Waals surface area contributed by atoms with Gasteiger partial charge in [0.1, 0.15) is 74.1 Å². The molecule has 0 unspecified atom stereocenters. The van der Waals surface area contributed by atoms with Crippen LogP contribution in [0.15, 0.2) is 160 Å². The lowest BCUT2D eigenvalue weighted by Crippen LogP contribution is -2.04. The third kappa shape index (κ3) is 12.9. The van der Waals surface area contributed by atoms with Crippen LogP contribution < -0.4 is 5.73 Å². The number of hydrogen-bond donors (Lipinski definition) is 11. The summed E-state index contributed by atoms with van der Waals surface area (Å²) in [4.78, 5) is 11.9. The summed E-state index contributed by atoms with van der Waals surface area (Å²) in [6, 6.07) is 7.82. The van der Waals surface area contributed by atoms with E-state index in [9.17, 15) is 121 Å². The molecule has 7 rings (SSSR count). The zero-order chi connectivity index (χ0) is 62.1. The van der Waals surface area contributed by atoms with Gasteiger partial charge in [-0.1, -0.05) is 0 Å². The summed E-state index contributed by atoms with van der Waals surface area (Å²) < 4.78 is 246. The van der Waals surface area contributed by atoms with Crippen molar-refractivity contribution in [1.82, 2.24) is 0 Å². The molecule has 0 saturated heterocycles. The Morgan fingerprint density at radius 3 is 1.34 bits per heavy atom. The van der Waals surface area contributed by atoms with Crippen LogP contribution >= 0.6 is 0 Å². The maximum atomic E-state index is 13.1. The molecular formula is C39H26N10O27S7. The van der Waals surface area contributed by atoms with Crippen molar-refractivity contribution in [2.75, 3.05) is 5.73 Å². The van der Waals surface area contributed by atoms with Crippen LogP contribution in [0.5, 0.6) is 11.5 Å². The molecule has 0 aliphatic rings. The van der Waals surface area contributed by atoms with Crippen molar-refractivity contribution in [3.63, 3.8) is 0 Å². The molecule has 0 aromatic heterocycles. The highest BCUT2D eigenvalue weighted by molar-refractivity contribution is 7.87. The van der Waals surface area contributed by atoms with Gasteiger partial charge in [-0.05, 0) is 72.8 Å². The van der Waals surface area contributed by atoms with Gasteiger partial charge in [0, 0.05) is 28.3 Å². The van der Waals surface area contributed by atoms with Gasteiger partial charge in [-0.25, -0.2) is 4.79 Å². The summed E-state index contributed by atoms with van der Waals surface area (Å²) in [5.74, 6) is -4.63. The van der Waals surface area contributed by atoms with E-state index in [1.807, 2.05) is 0 Å². The van der Waals surface area contributed by atoms with Crippen molar-refractivity contribution in [3.05, 3.63) is 101 Å². The van der Waals surface area contributed by atoms with Crippen LogP contribution in [0.25, 0.3) is 21.5 Å². The van der Waals surface area contributed by atoms with E-state index in [0.717, 1.165) is 18.2 Å². The van der Waals surface area contributed by atoms with E-state index in [0.29, 0.717) is 48.5 Å². The fraction of sp³-hybridized carbons (Fsp3) is 0. The Morgan fingerprint density at radius 1 is 0.422 bits per heavy atom. The molecule has 0 saturated carbocycles. The van der Waals surface area contributed by atoms with E-state index in [4.69, 9.17) is 5.73 Å². The van der Waals surface area contributed by atoms with E-state index >= 15 is 0 Å². The van der Waals surface area contributed by atoms with E-state index < -0.39 is 211 Å². The number of carbonyl (C=O) groups is 1. The normalized spacial score (nSPS) is 13.3. The Kier molecular flexibility index (Phi) is 15.9. The summed E-state index contributed by atoms with van der Waals surface area (Å²) in [7, 11) is -38.9. The van der Waals surface area contributed by atoms with Crippen LogP contribution in [0.1, 0.15) is 10.4 Å². The number of phenolic OH excluding ortho intramolecular Hbond substituents is 2. The highest BCUT2D eigenvalue weighted by Gasteiger charge is 2.32. The minimum atomic E-state index is -5.80. The molecular weight excluding hydrogens is 1260 g/mol. The standard InChI is InChI=1S/C39H26N10O27S7/c40-33-25(14-26(77(56,57)58)20-13-31(82(71,72)73)35(37(51)32(20)33)48-44-23-7-3-17(49(54)55)11-29(23)80(65,66)67)46-45-24-8-4-18-19(38(24)83(74,75)76)12-30(81(68,69)70)34(36(18)50)47-43-22-6-2-16(10-28(22)79(62,63)64)41-42-21-5-1-15(39(52)53)9-27(21)78(59,60)61/h1-14,50-51H,40H2,(H,52,53)(H,56,57,58)(H,59,60,61)(H,62,63,64)(H,65,66,67)(H,68,69,70)(H,71,72,73)(H,74,75,76). The average Bonchev–Trinajstić information content (AvgIpc) is 3.49. The van der Waals surface area contributed by atoms with Gasteiger partial charge in [0.25, 0.3) is 76.5 Å². The highest BCUT2D eigenvalue weighted by atomic mass is 32.2. The second-order valence-electron chi connectivity index (χ2n) is 16.1. The molecule has 0 amide bonds. The fourth-order valence-electron chi connectivity index (χ4n) is 7.25. The number of carboxylic acids is 1. The zero-order valence-electron chi connectivity index (χ0n) is 39.5. The van der Waals surface area contributed by atoms with Crippen LogP contribution in [0, 0.1) is 10.1 Å². The van der Waals surface area contributed by atoms with Crippen LogP contribution in [0.3, 0.4) is 0 Å². The van der Waals surface area contributed by atoms with Gasteiger partial charge in [-0.2, -0.15) is 64.0 Å². The summed E-state index contributed by atoms with van der Waals surface area (Å²) >= 11 is 0. The lowest BCUT2D eigenvalue weighted by molar-refractivity contribution is -0.385. The minimum absolute atomic E-state index is 0.228. The molecule has 0 aliphatic heterocycles. The fourth-order valence-corrected chi connectivity index (χ4v) is 12.0. The average molecular weight is 1290 g/mol. The van der Waals surface area contributed by atoms with E-state index in [1.54, 1.807) is 0 Å². The molecule has 7 aromatic rings. The predicted molar refractivity (Wildman–Crippen MR) is 274 cm³/mol. The lowest BCUT2D eigenvalue weighted by Gasteiger charge is -2.15. The van der Waals surface area contributed by atoms with Crippen molar-refractivity contribution in [2.24, 2.45) is 40.9 Å². The number of nitrogens with zero attached hydrogens (tertiary/aromatic N) is 9. The first-order chi connectivity index (χ1) is 38.0. The second-order valence-corrected chi connectivity index (χ2v) is 25.8. The Labute approximate surface area is 461 Å². The van der Waals surface area contributed by atoms with Gasteiger partial charge in [-0.3, -0.25) is 42.0 Å². The largest absolute Gasteiger partial charge is 0.505 e. The first kappa shape index (κ1) is 61.7. The first-order valence-electron chi connectivity index (χ1n) is 20.7. The van der Waals surface area contributed by atoms with Gasteiger partial charge < -0.3 is 21.1 Å². The molecule has 0 aliphatic carbocycles. The molecule has 0 radical (unpaired) electrons. The maximum Gasteiger partial charge on any atom is 0.335 e. The Bertz CT molecular complexity index is 5040. The van der Waals surface area contributed by atoms with Gasteiger partial charge in [0.05, 0.1) is 27.2 Å². The predicted octanol–water partition coefficient (Wildman–Crippen LogP) is 6.98. The number of carboxylic acid groups (broad SMARTS) is 1. The van der Waals surface area contributed by atoms with Crippen LogP contribution in [0.4, 0.5) is 56.9 Å². The maximum absolute atomic E-state index is 13.1. The number of non-ortho nitro benzene ring substituents is 1. The molecule has 44 heteroatoms. The Balaban J connectivity index is 1.38. The summed E-state index contributed by atoms with van der Waals surface area (Å²) in [5.41, 5.74) is -4.34. The number of aromatic hydroxyl groups is 2. The molecule has 83 heavy (non-hydrogen) atoms. The zero-order valence-corrected chi connectivity index (χ0v) is 45.2. The van der Waals surface area contributed by atoms with Crippen molar-refractivity contribution in [1.29, 1.82) is 0 Å². The smallest absolute Gasteiger partial charge is 0.335 e. The number of anilines is 1. The van der Waals surface area contributed by atoms with Gasteiger partial charge in [0.2, 0.25) is 0 Å². The second kappa shape index (κ2) is 21.5. The first-order valence-corrected chi connectivity index (χ1v) is 30.8. The number of azo groups is 4. The number of nitro benzene ring substituents is 1. The van der Waals surface area contributed by atoms with Crippen LogP contribution in [-0.4, -0.2) is 117 Å². The molecule has 436 valence electrons. The number of nitrogen functional groups attached to an aromatic ring is 1. The number of nitro groups is 1. The molecule has 0 spiro atoms. The SMILES string of the molecule is Nc1c(N=Nc2ccc3c(O)c(N=Nc4ccc(N=Nc5ccc(C(=O)O)cc5S(=O)(=O)O)cc4S(=O)(=O)O)c(S(=O)(=O)O)cc3c2S(=O)(=O)O)cc(S(=O)(=O)O)c2cc(S(=O)(=O)O)c(N=Nc3ccc([N+](=O)[O-])cc3S(=O)(=O)O)c(O)c12. The van der Waals surface area contributed by atoms with Crippen molar-refractivity contribution in [3.8, 4) is 11.5 Å². The third-order valence-corrected chi connectivity index (χ3v) is 17.0. The van der Waals surface area contributed by atoms with E-state index in [2.05, 4.69) is 40.9 Å². The highest BCUT2D eigenvalue weighted by Crippen LogP contribution is 2.50. The number of phenols is 2. The monoisotopic (exact) mass is 1290 g/mol. The molecule has 12 N–H and O–H groups in total. The molecule has 7 aromatic carbocycles. The minimum Gasteiger partial charge on any atom is -0.505 e. The lowest BCUT2D eigenvalue weighted by atomic mass is 10.0. The van der Waals surface area contributed by atoms with Crippen molar-refractivity contribution < 1.29 is 116 Å². The Hall–Kier alpha value is -8.90.